The van der Waals surface area contributed by atoms with E-state index in [1.165, 1.54) is 154 Å². The highest BCUT2D eigenvalue weighted by atomic mass is 16.4. The van der Waals surface area contributed by atoms with E-state index in [0.717, 1.165) is 43.2 Å². The summed E-state index contributed by atoms with van der Waals surface area (Å²) in [5.41, 5.74) is 6.02. The van der Waals surface area contributed by atoms with Crippen molar-refractivity contribution in [2.45, 2.75) is 231 Å². The van der Waals surface area contributed by atoms with Crippen molar-refractivity contribution in [2.24, 2.45) is 5.73 Å². The van der Waals surface area contributed by atoms with Crippen molar-refractivity contribution in [3.8, 4) is 0 Å². The summed E-state index contributed by atoms with van der Waals surface area (Å²) < 4.78 is 0. The molecule has 3 N–H and O–H groups in total. The fraction of sp³-hybridized carbons (Fsp3) is 0.818. The summed E-state index contributed by atoms with van der Waals surface area (Å²) in [7, 11) is 0. The number of hydrogen-bond acceptors (Lipinski definition) is 2. The maximum absolute atomic E-state index is 12.7. The van der Waals surface area contributed by atoms with Gasteiger partial charge in [0.05, 0.1) is 10.8 Å². The third-order valence-corrected chi connectivity index (χ3v) is 11.2. The van der Waals surface area contributed by atoms with Gasteiger partial charge in [0, 0.05) is 0 Å². The molecule has 0 radical (unpaired) electrons. The lowest BCUT2D eigenvalue weighted by molar-refractivity contribution is -0.143. The molecule has 0 saturated carbocycles. The molecule has 4 heteroatoms. The van der Waals surface area contributed by atoms with Crippen molar-refractivity contribution < 1.29 is 14.7 Å². The third kappa shape index (κ3) is 18.8. The highest BCUT2D eigenvalue weighted by molar-refractivity contribution is 5.86. The van der Waals surface area contributed by atoms with Gasteiger partial charge >= 0.3 is 5.97 Å². The predicted octanol–water partition coefficient (Wildman–Crippen LogP) is 13.5. The number of benzene rings is 1. The standard InChI is InChI=1S/C44H79NO3/c1-5-7-9-11-13-15-17-19-21-23-25-27-29-31-37-43(3,41(45)46)39-33-35-40(36-34-39)44(4,42(47)48)38-32-30-28-26-24-22-20-18-16-14-12-10-8-6-2/h33-36H,5-32,37-38H2,1-4H3,(H2,45,46)(H,47,48). The number of unbranched alkanes of at least 4 members (excludes halogenated alkanes) is 26. The van der Waals surface area contributed by atoms with E-state index in [0.29, 0.717) is 6.42 Å². The van der Waals surface area contributed by atoms with E-state index in [-0.39, 0.29) is 5.91 Å². The summed E-state index contributed by atoms with van der Waals surface area (Å²) >= 11 is 0. The van der Waals surface area contributed by atoms with Crippen LogP contribution in [-0.2, 0) is 20.4 Å². The van der Waals surface area contributed by atoms with E-state index in [2.05, 4.69) is 13.8 Å². The van der Waals surface area contributed by atoms with Crippen LogP contribution in [0.25, 0.3) is 0 Å². The van der Waals surface area contributed by atoms with Crippen LogP contribution in [0.3, 0.4) is 0 Å². The second kappa shape index (κ2) is 27.9. The maximum atomic E-state index is 12.7. The van der Waals surface area contributed by atoms with Gasteiger partial charge in [0.15, 0.2) is 0 Å². The highest BCUT2D eigenvalue weighted by Crippen LogP contribution is 2.35. The van der Waals surface area contributed by atoms with Crippen molar-refractivity contribution in [2.75, 3.05) is 0 Å². The van der Waals surface area contributed by atoms with Gasteiger partial charge < -0.3 is 10.8 Å². The van der Waals surface area contributed by atoms with Gasteiger partial charge in [0.25, 0.3) is 0 Å². The quantitative estimate of drug-likeness (QED) is 0.0717. The Morgan fingerprint density at radius 2 is 0.688 bits per heavy atom. The molecule has 0 saturated heterocycles. The number of carboxylic acid groups (broad SMARTS) is 1. The van der Waals surface area contributed by atoms with Crippen LogP contribution in [-0.4, -0.2) is 17.0 Å². The van der Waals surface area contributed by atoms with E-state index in [1.807, 2.05) is 38.1 Å². The molecular weight excluding hydrogens is 590 g/mol. The summed E-state index contributed by atoms with van der Waals surface area (Å²) in [5, 5.41) is 10.2. The monoisotopic (exact) mass is 670 g/mol. The SMILES string of the molecule is CCCCCCCCCCCCCCCCC(C)(C(N)=O)c1ccc(C(C)(CCCCCCCCCCCCCCCC)C(=O)O)cc1. The average Bonchev–Trinajstić information content (AvgIpc) is 3.08. The lowest BCUT2D eigenvalue weighted by Crippen LogP contribution is -2.38. The zero-order valence-corrected chi connectivity index (χ0v) is 32.4. The van der Waals surface area contributed by atoms with Crippen LogP contribution in [0.2, 0.25) is 0 Å². The fourth-order valence-electron chi connectivity index (χ4n) is 7.34. The molecule has 4 nitrogen and oxygen atoms in total. The van der Waals surface area contributed by atoms with Crippen molar-refractivity contribution >= 4 is 11.9 Å². The second-order valence-corrected chi connectivity index (χ2v) is 15.6. The zero-order valence-electron chi connectivity index (χ0n) is 32.4. The second-order valence-electron chi connectivity index (χ2n) is 15.6. The lowest BCUT2D eigenvalue weighted by atomic mass is 9.74. The number of nitrogens with two attached hydrogens (primary N) is 1. The van der Waals surface area contributed by atoms with E-state index in [4.69, 9.17) is 5.73 Å². The van der Waals surface area contributed by atoms with Crippen LogP contribution in [0, 0.1) is 0 Å². The third-order valence-electron chi connectivity index (χ3n) is 11.2. The van der Waals surface area contributed by atoms with Gasteiger partial charge in [-0.3, -0.25) is 9.59 Å². The summed E-state index contributed by atoms with van der Waals surface area (Å²) in [4.78, 5) is 25.1. The van der Waals surface area contributed by atoms with Gasteiger partial charge in [-0.25, -0.2) is 0 Å². The van der Waals surface area contributed by atoms with Gasteiger partial charge in [-0.1, -0.05) is 218 Å². The average molecular weight is 670 g/mol. The molecule has 0 bridgehead atoms. The molecule has 1 amide bonds. The Bertz CT molecular complexity index is 853. The van der Waals surface area contributed by atoms with Crippen LogP contribution in [0.4, 0.5) is 0 Å². The minimum atomic E-state index is -0.923. The molecule has 0 heterocycles. The Balaban J connectivity index is 2.37. The van der Waals surface area contributed by atoms with E-state index in [9.17, 15) is 14.7 Å². The van der Waals surface area contributed by atoms with Gasteiger partial charge in [0.2, 0.25) is 5.91 Å². The lowest BCUT2D eigenvalue weighted by Gasteiger charge is -2.29. The molecule has 1 aromatic rings. The Labute approximate surface area is 298 Å². The number of amides is 1. The number of rotatable bonds is 34. The molecule has 0 spiro atoms. The number of carbonyl (C=O) groups is 2. The fourth-order valence-corrected chi connectivity index (χ4v) is 7.34. The van der Waals surface area contributed by atoms with Crippen molar-refractivity contribution in [1.82, 2.24) is 0 Å². The maximum Gasteiger partial charge on any atom is 0.313 e. The molecule has 0 aliphatic heterocycles. The summed E-state index contributed by atoms with van der Waals surface area (Å²) in [6, 6.07) is 7.77. The molecule has 0 aliphatic rings. The molecule has 0 fully saturated rings. The zero-order chi connectivity index (χ0) is 35.4. The van der Waals surface area contributed by atoms with Crippen molar-refractivity contribution in [1.29, 1.82) is 0 Å². The van der Waals surface area contributed by atoms with Gasteiger partial charge in [0.1, 0.15) is 0 Å². The summed E-state index contributed by atoms with van der Waals surface area (Å²) in [5.74, 6) is -1.07. The number of carboxylic acids is 1. The first-order valence-corrected chi connectivity index (χ1v) is 20.9. The van der Waals surface area contributed by atoms with Crippen LogP contribution < -0.4 is 5.73 Å². The predicted molar refractivity (Wildman–Crippen MR) is 208 cm³/mol. The molecule has 1 aromatic carbocycles. The molecule has 0 aromatic heterocycles. The first-order valence-electron chi connectivity index (χ1n) is 20.9. The number of carbonyl (C=O) groups excluding carboxylic acids is 1. The number of hydrogen-bond donors (Lipinski definition) is 2. The van der Waals surface area contributed by atoms with Gasteiger partial charge in [-0.05, 0) is 37.8 Å². The summed E-state index contributed by atoms with van der Waals surface area (Å²) in [6.45, 7) is 8.36. The van der Waals surface area contributed by atoms with Crippen molar-refractivity contribution in [3.63, 3.8) is 0 Å². The van der Waals surface area contributed by atoms with Gasteiger partial charge in [-0.15, -0.1) is 0 Å². The van der Waals surface area contributed by atoms with Crippen molar-refractivity contribution in [3.05, 3.63) is 35.4 Å². The summed E-state index contributed by atoms with van der Waals surface area (Å²) in [6.07, 6.45) is 37.7. The first kappa shape index (κ1) is 44.2. The van der Waals surface area contributed by atoms with E-state index >= 15 is 0 Å². The van der Waals surface area contributed by atoms with Crippen LogP contribution in [0.5, 0.6) is 0 Å². The largest absolute Gasteiger partial charge is 0.481 e. The Morgan fingerprint density at radius 3 is 0.938 bits per heavy atom. The topological polar surface area (TPSA) is 80.4 Å². The smallest absolute Gasteiger partial charge is 0.313 e. The van der Waals surface area contributed by atoms with Crippen LogP contribution in [0.1, 0.15) is 231 Å². The molecule has 2 atom stereocenters. The first-order chi connectivity index (χ1) is 23.2. The molecule has 278 valence electrons. The molecule has 2 unspecified atom stereocenters. The Morgan fingerprint density at radius 1 is 0.458 bits per heavy atom. The minimum absolute atomic E-state index is 0.298. The van der Waals surface area contributed by atoms with E-state index < -0.39 is 16.8 Å². The molecule has 0 aliphatic carbocycles. The van der Waals surface area contributed by atoms with Crippen LogP contribution in [0.15, 0.2) is 24.3 Å². The Hall–Kier alpha value is -1.84. The molecular formula is C44H79NO3. The number of aliphatic carboxylic acids is 1. The normalized spacial score (nSPS) is 14.1. The van der Waals surface area contributed by atoms with Crippen LogP contribution >= 0.6 is 0 Å². The van der Waals surface area contributed by atoms with Gasteiger partial charge in [-0.2, -0.15) is 0 Å². The Kier molecular flexibility index (Phi) is 25.7. The minimum Gasteiger partial charge on any atom is -0.481 e. The molecule has 48 heavy (non-hydrogen) atoms. The number of primary amides is 1. The molecule has 1 rings (SSSR count). The highest BCUT2D eigenvalue weighted by Gasteiger charge is 2.36. The van der Waals surface area contributed by atoms with E-state index in [1.54, 1.807) is 0 Å².